The predicted molar refractivity (Wildman–Crippen MR) is 90.3 cm³/mol. The number of hydrogen-bond acceptors (Lipinski definition) is 5. The third kappa shape index (κ3) is 4.15. The highest BCUT2D eigenvalue weighted by atomic mass is 15.4. The predicted octanol–water partition coefficient (Wildman–Crippen LogP) is 2.81. The van der Waals surface area contributed by atoms with Crippen LogP contribution in [-0.4, -0.2) is 38.1 Å². The van der Waals surface area contributed by atoms with Crippen LogP contribution in [0.25, 0.3) is 0 Å². The van der Waals surface area contributed by atoms with Gasteiger partial charge in [0.2, 0.25) is 5.95 Å². The van der Waals surface area contributed by atoms with E-state index in [1.54, 1.807) is 12.4 Å². The van der Waals surface area contributed by atoms with Gasteiger partial charge in [0.05, 0.1) is 11.7 Å². The SMILES string of the molecule is CC/C=C\CCc1cn([C@@H]2CCCN(c3ncccn3)C2)nn1. The molecule has 1 atom stereocenters. The molecule has 6 heteroatoms. The summed E-state index contributed by atoms with van der Waals surface area (Å²) in [7, 11) is 0. The second-order valence-electron chi connectivity index (χ2n) is 5.90. The molecule has 0 aliphatic carbocycles. The first kappa shape index (κ1) is 15.6. The van der Waals surface area contributed by atoms with E-state index >= 15 is 0 Å². The molecule has 1 fully saturated rings. The fraction of sp³-hybridized carbons (Fsp3) is 0.529. The first-order chi connectivity index (χ1) is 11.4. The van der Waals surface area contributed by atoms with Gasteiger partial charge in [-0.2, -0.15) is 0 Å². The summed E-state index contributed by atoms with van der Waals surface area (Å²) in [6.07, 6.45) is 15.4. The van der Waals surface area contributed by atoms with Crippen molar-refractivity contribution in [3.8, 4) is 0 Å². The van der Waals surface area contributed by atoms with E-state index < -0.39 is 0 Å². The molecule has 0 radical (unpaired) electrons. The standard InChI is InChI=1S/C17H24N6/c1-2-3-4-5-8-15-13-23(21-20-15)16-9-6-12-22(14-16)17-18-10-7-11-19-17/h3-4,7,10-11,13,16H,2,5-6,8-9,12,14H2,1H3/b4-3-/t16-/m1/s1. The van der Waals surface area contributed by atoms with Gasteiger partial charge in [-0.05, 0) is 38.2 Å². The van der Waals surface area contributed by atoms with E-state index in [-0.39, 0.29) is 0 Å². The fourth-order valence-corrected chi connectivity index (χ4v) is 2.93. The Bertz CT molecular complexity index is 621. The van der Waals surface area contributed by atoms with Gasteiger partial charge in [0.1, 0.15) is 0 Å². The van der Waals surface area contributed by atoms with Crippen LogP contribution >= 0.6 is 0 Å². The Labute approximate surface area is 137 Å². The average molecular weight is 312 g/mol. The second-order valence-corrected chi connectivity index (χ2v) is 5.90. The summed E-state index contributed by atoms with van der Waals surface area (Å²) in [6.45, 7) is 4.05. The van der Waals surface area contributed by atoms with Crippen LogP contribution in [0.5, 0.6) is 0 Å². The molecule has 122 valence electrons. The van der Waals surface area contributed by atoms with Gasteiger partial charge >= 0.3 is 0 Å². The quantitative estimate of drug-likeness (QED) is 0.768. The molecule has 23 heavy (non-hydrogen) atoms. The largest absolute Gasteiger partial charge is 0.339 e. The molecule has 3 rings (SSSR count). The van der Waals surface area contributed by atoms with Crippen molar-refractivity contribution >= 4 is 5.95 Å². The number of aromatic nitrogens is 5. The lowest BCUT2D eigenvalue weighted by atomic mass is 10.1. The average Bonchev–Trinajstić information content (AvgIpc) is 3.09. The zero-order chi connectivity index (χ0) is 15.9. The van der Waals surface area contributed by atoms with Crippen LogP contribution in [0, 0.1) is 0 Å². The van der Waals surface area contributed by atoms with Gasteiger partial charge in [-0.1, -0.05) is 24.3 Å². The van der Waals surface area contributed by atoms with Crippen molar-refractivity contribution in [2.45, 2.75) is 45.1 Å². The minimum atomic E-state index is 0.347. The van der Waals surface area contributed by atoms with Gasteiger partial charge in [0.25, 0.3) is 0 Å². The normalized spacial score (nSPS) is 18.7. The van der Waals surface area contributed by atoms with Crippen LogP contribution in [0.3, 0.4) is 0 Å². The van der Waals surface area contributed by atoms with Crippen molar-refractivity contribution < 1.29 is 0 Å². The van der Waals surface area contributed by atoms with Crippen molar-refractivity contribution in [3.05, 3.63) is 42.5 Å². The monoisotopic (exact) mass is 312 g/mol. The lowest BCUT2D eigenvalue weighted by Gasteiger charge is -2.32. The van der Waals surface area contributed by atoms with E-state index in [4.69, 9.17) is 0 Å². The highest BCUT2D eigenvalue weighted by molar-refractivity contribution is 5.29. The summed E-state index contributed by atoms with van der Waals surface area (Å²) in [5.41, 5.74) is 1.07. The molecule has 0 spiro atoms. The molecule has 0 saturated carbocycles. The Morgan fingerprint density at radius 2 is 2.13 bits per heavy atom. The summed E-state index contributed by atoms with van der Waals surface area (Å²) in [6, 6.07) is 2.20. The number of anilines is 1. The second kappa shape index (κ2) is 7.85. The molecule has 6 nitrogen and oxygen atoms in total. The molecule has 1 aliphatic rings. The van der Waals surface area contributed by atoms with Crippen LogP contribution in [0.2, 0.25) is 0 Å². The van der Waals surface area contributed by atoms with Crippen LogP contribution in [0.1, 0.15) is 44.3 Å². The van der Waals surface area contributed by atoms with Gasteiger partial charge in [-0.3, -0.25) is 0 Å². The Morgan fingerprint density at radius 3 is 2.96 bits per heavy atom. The first-order valence-corrected chi connectivity index (χ1v) is 8.44. The first-order valence-electron chi connectivity index (χ1n) is 8.44. The van der Waals surface area contributed by atoms with E-state index in [1.807, 2.05) is 10.7 Å². The lowest BCUT2D eigenvalue weighted by Crippen LogP contribution is -2.37. The van der Waals surface area contributed by atoms with Crippen LogP contribution < -0.4 is 4.90 Å². The molecule has 1 saturated heterocycles. The number of hydrogen-bond donors (Lipinski definition) is 0. The van der Waals surface area contributed by atoms with Gasteiger partial charge < -0.3 is 4.90 Å². The molecule has 2 aromatic rings. The smallest absolute Gasteiger partial charge is 0.225 e. The summed E-state index contributed by atoms with van der Waals surface area (Å²) >= 11 is 0. The Kier molecular flexibility index (Phi) is 5.34. The van der Waals surface area contributed by atoms with Gasteiger partial charge in [-0.25, -0.2) is 14.6 Å². The fourth-order valence-electron chi connectivity index (χ4n) is 2.93. The van der Waals surface area contributed by atoms with Crippen molar-refractivity contribution in [3.63, 3.8) is 0 Å². The number of piperidine rings is 1. The van der Waals surface area contributed by atoms with Gasteiger partial charge in [0, 0.05) is 31.7 Å². The Hall–Kier alpha value is -2.24. The van der Waals surface area contributed by atoms with Crippen LogP contribution in [0.4, 0.5) is 5.95 Å². The zero-order valence-corrected chi connectivity index (χ0v) is 13.7. The van der Waals surface area contributed by atoms with Gasteiger partial charge in [-0.15, -0.1) is 5.10 Å². The lowest BCUT2D eigenvalue weighted by molar-refractivity contribution is 0.366. The van der Waals surface area contributed by atoms with E-state index in [9.17, 15) is 0 Å². The maximum atomic E-state index is 4.36. The van der Waals surface area contributed by atoms with E-state index in [1.165, 1.54) is 0 Å². The van der Waals surface area contributed by atoms with Crippen molar-refractivity contribution in [1.82, 2.24) is 25.0 Å². The summed E-state index contributed by atoms with van der Waals surface area (Å²) in [5.74, 6) is 0.808. The molecule has 2 aromatic heterocycles. The number of nitrogens with zero attached hydrogens (tertiary/aromatic N) is 6. The number of aryl methyl sites for hydroxylation is 1. The summed E-state index contributed by atoms with van der Waals surface area (Å²) in [4.78, 5) is 10.9. The minimum Gasteiger partial charge on any atom is -0.339 e. The Balaban J connectivity index is 1.60. The maximum absolute atomic E-state index is 4.36. The third-order valence-corrected chi connectivity index (χ3v) is 4.13. The molecule has 0 aromatic carbocycles. The van der Waals surface area contributed by atoms with E-state index in [0.29, 0.717) is 6.04 Å². The van der Waals surface area contributed by atoms with Crippen molar-refractivity contribution in [1.29, 1.82) is 0 Å². The van der Waals surface area contributed by atoms with Crippen molar-refractivity contribution in [2.24, 2.45) is 0 Å². The highest BCUT2D eigenvalue weighted by Crippen LogP contribution is 2.23. The zero-order valence-electron chi connectivity index (χ0n) is 13.7. The van der Waals surface area contributed by atoms with Crippen LogP contribution in [-0.2, 0) is 6.42 Å². The topological polar surface area (TPSA) is 59.7 Å². The summed E-state index contributed by atoms with van der Waals surface area (Å²) in [5, 5.41) is 8.66. The van der Waals surface area contributed by atoms with Gasteiger partial charge in [0.15, 0.2) is 0 Å². The van der Waals surface area contributed by atoms with Crippen molar-refractivity contribution in [2.75, 3.05) is 18.0 Å². The molecule has 1 aliphatic heterocycles. The molecular weight excluding hydrogens is 288 g/mol. The molecular formula is C17H24N6. The highest BCUT2D eigenvalue weighted by Gasteiger charge is 2.23. The maximum Gasteiger partial charge on any atom is 0.225 e. The van der Waals surface area contributed by atoms with Crippen LogP contribution in [0.15, 0.2) is 36.8 Å². The molecule has 0 amide bonds. The Morgan fingerprint density at radius 1 is 1.26 bits per heavy atom. The third-order valence-electron chi connectivity index (χ3n) is 4.13. The minimum absolute atomic E-state index is 0.347. The number of allylic oxidation sites excluding steroid dienone is 2. The summed E-state index contributed by atoms with van der Waals surface area (Å²) < 4.78 is 2.02. The molecule has 0 bridgehead atoms. The molecule has 0 unspecified atom stereocenters. The number of rotatable bonds is 6. The van der Waals surface area contributed by atoms with E-state index in [2.05, 4.69) is 50.5 Å². The van der Waals surface area contributed by atoms with E-state index in [0.717, 1.165) is 56.8 Å². The molecule has 0 N–H and O–H groups in total. The molecule has 3 heterocycles.